The van der Waals surface area contributed by atoms with E-state index >= 15 is 0 Å². The molecule has 1 unspecified atom stereocenters. The molecule has 0 aromatic heterocycles. The van der Waals surface area contributed by atoms with E-state index in [2.05, 4.69) is 59.3 Å². The lowest BCUT2D eigenvalue weighted by molar-refractivity contribution is 0.128. The van der Waals surface area contributed by atoms with Crippen molar-refractivity contribution in [3.05, 3.63) is 35.9 Å². The number of benzene rings is 1. The van der Waals surface area contributed by atoms with Gasteiger partial charge in [0, 0.05) is 38.8 Å². The second-order valence-corrected chi connectivity index (χ2v) is 5.62. The van der Waals surface area contributed by atoms with Gasteiger partial charge >= 0.3 is 0 Å². The summed E-state index contributed by atoms with van der Waals surface area (Å²) in [5.74, 6) is 0. The first-order chi connectivity index (χ1) is 9.83. The lowest BCUT2D eigenvalue weighted by Gasteiger charge is -2.37. The molecule has 112 valence electrons. The smallest absolute Gasteiger partial charge is 0.0264 e. The van der Waals surface area contributed by atoms with Crippen LogP contribution in [0.4, 0.5) is 0 Å². The van der Waals surface area contributed by atoms with E-state index in [1.54, 1.807) is 0 Å². The zero-order chi connectivity index (χ0) is 14.2. The Morgan fingerprint density at radius 2 is 1.75 bits per heavy atom. The first-order valence-corrected chi connectivity index (χ1v) is 8.04. The van der Waals surface area contributed by atoms with Crippen molar-refractivity contribution in [1.82, 2.24) is 15.1 Å². The molecule has 3 heteroatoms. The minimum atomic E-state index is 0.638. The Labute approximate surface area is 124 Å². The van der Waals surface area contributed by atoms with E-state index in [9.17, 15) is 0 Å². The summed E-state index contributed by atoms with van der Waals surface area (Å²) in [6.07, 6.45) is 1.16. The van der Waals surface area contributed by atoms with Gasteiger partial charge in [0.15, 0.2) is 0 Å². The van der Waals surface area contributed by atoms with E-state index in [4.69, 9.17) is 0 Å². The lowest BCUT2D eigenvalue weighted by atomic mass is 10.0. The first-order valence-electron chi connectivity index (χ1n) is 8.04. The maximum Gasteiger partial charge on any atom is 0.0264 e. The predicted octanol–water partition coefficient (Wildman–Crippen LogP) is 1.84. The number of nitrogens with one attached hydrogen (secondary N) is 1. The summed E-state index contributed by atoms with van der Waals surface area (Å²) in [5.41, 5.74) is 1.46. The molecule has 1 saturated heterocycles. The van der Waals surface area contributed by atoms with Gasteiger partial charge in [-0.05, 0) is 25.1 Å². The van der Waals surface area contributed by atoms with E-state index in [0.29, 0.717) is 6.04 Å². The Balaban J connectivity index is 2.02. The van der Waals surface area contributed by atoms with Crippen LogP contribution < -0.4 is 5.32 Å². The van der Waals surface area contributed by atoms with Crippen molar-refractivity contribution in [3.63, 3.8) is 0 Å². The maximum atomic E-state index is 3.46. The van der Waals surface area contributed by atoms with Gasteiger partial charge in [0.1, 0.15) is 0 Å². The van der Waals surface area contributed by atoms with E-state index in [-0.39, 0.29) is 0 Å². The fourth-order valence-electron chi connectivity index (χ4n) is 3.02. The molecule has 0 aliphatic carbocycles. The topological polar surface area (TPSA) is 18.5 Å². The number of nitrogens with zero attached hydrogens (tertiary/aromatic N) is 2. The van der Waals surface area contributed by atoms with Gasteiger partial charge in [-0.3, -0.25) is 4.90 Å². The summed E-state index contributed by atoms with van der Waals surface area (Å²) < 4.78 is 0. The fraction of sp³-hybridized carbons (Fsp3) is 0.647. The van der Waals surface area contributed by atoms with Gasteiger partial charge in [0.05, 0.1) is 0 Å². The van der Waals surface area contributed by atoms with Crippen LogP contribution in [0.15, 0.2) is 30.3 Å². The van der Waals surface area contributed by atoms with Crippen LogP contribution in [0.5, 0.6) is 0 Å². The van der Waals surface area contributed by atoms with Crippen molar-refractivity contribution in [2.24, 2.45) is 0 Å². The monoisotopic (exact) mass is 275 g/mol. The van der Waals surface area contributed by atoms with Gasteiger partial charge in [-0.25, -0.2) is 0 Å². The third-order valence-electron chi connectivity index (χ3n) is 4.35. The van der Waals surface area contributed by atoms with Crippen LogP contribution in [0, 0.1) is 0 Å². The van der Waals surface area contributed by atoms with Gasteiger partial charge in [-0.15, -0.1) is 0 Å². The molecular weight excluding hydrogens is 246 g/mol. The normalized spacial score (nSPS) is 18.4. The highest BCUT2D eigenvalue weighted by molar-refractivity contribution is 5.16. The van der Waals surface area contributed by atoms with Crippen LogP contribution >= 0.6 is 0 Å². The van der Waals surface area contributed by atoms with E-state index in [0.717, 1.165) is 32.6 Å². The predicted molar refractivity (Wildman–Crippen MR) is 86.2 cm³/mol. The Hall–Kier alpha value is -0.900. The largest absolute Gasteiger partial charge is 0.314 e. The number of hydrogen-bond donors (Lipinski definition) is 1. The summed E-state index contributed by atoms with van der Waals surface area (Å²) in [5, 5.41) is 3.46. The Morgan fingerprint density at radius 1 is 1.10 bits per heavy atom. The average Bonchev–Trinajstić information content (AvgIpc) is 2.53. The second kappa shape index (κ2) is 8.40. The number of likely N-dealkylation sites (N-methyl/N-ethyl adjacent to an activating group) is 1. The summed E-state index contributed by atoms with van der Waals surface area (Å²) >= 11 is 0. The summed E-state index contributed by atoms with van der Waals surface area (Å²) in [6, 6.07) is 11.6. The molecule has 1 aliphatic rings. The van der Waals surface area contributed by atoms with Crippen LogP contribution in [-0.2, 0) is 6.42 Å². The van der Waals surface area contributed by atoms with E-state index in [1.165, 1.54) is 25.2 Å². The molecule has 1 aromatic carbocycles. The zero-order valence-corrected chi connectivity index (χ0v) is 13.0. The molecule has 0 bridgehead atoms. The molecule has 0 spiro atoms. The van der Waals surface area contributed by atoms with Crippen LogP contribution in [0.2, 0.25) is 0 Å². The summed E-state index contributed by atoms with van der Waals surface area (Å²) in [6.45, 7) is 12.6. The van der Waals surface area contributed by atoms with E-state index < -0.39 is 0 Å². The molecule has 2 rings (SSSR count). The first kappa shape index (κ1) is 15.5. The lowest BCUT2D eigenvalue weighted by Crippen LogP contribution is -2.52. The molecule has 0 saturated carbocycles. The molecule has 1 aliphatic heterocycles. The SMILES string of the molecule is CCN(CC)CC(Cc1ccccc1)N1CCNCC1. The van der Waals surface area contributed by atoms with Crippen molar-refractivity contribution in [1.29, 1.82) is 0 Å². The molecule has 1 aromatic rings. The Morgan fingerprint density at radius 3 is 2.35 bits per heavy atom. The summed E-state index contributed by atoms with van der Waals surface area (Å²) in [4.78, 5) is 5.22. The van der Waals surface area contributed by atoms with Crippen molar-refractivity contribution in [2.75, 3.05) is 45.8 Å². The van der Waals surface area contributed by atoms with Crippen molar-refractivity contribution >= 4 is 0 Å². The molecule has 0 amide bonds. The molecule has 1 atom stereocenters. The molecule has 0 radical (unpaired) electrons. The van der Waals surface area contributed by atoms with E-state index in [1.807, 2.05) is 0 Å². The van der Waals surface area contributed by atoms with Gasteiger partial charge < -0.3 is 10.2 Å². The van der Waals surface area contributed by atoms with Crippen molar-refractivity contribution in [2.45, 2.75) is 26.3 Å². The number of hydrogen-bond acceptors (Lipinski definition) is 3. The standard InChI is InChI=1S/C17H29N3/c1-3-19(4-2)15-17(20-12-10-18-11-13-20)14-16-8-6-5-7-9-16/h5-9,17-18H,3-4,10-15H2,1-2H3. The third kappa shape index (κ3) is 4.58. The van der Waals surface area contributed by atoms with Crippen LogP contribution in [0.1, 0.15) is 19.4 Å². The van der Waals surface area contributed by atoms with Gasteiger partial charge in [0.2, 0.25) is 0 Å². The molecule has 1 N–H and O–H groups in total. The Bertz CT molecular complexity index is 356. The van der Waals surface area contributed by atoms with Crippen molar-refractivity contribution < 1.29 is 0 Å². The third-order valence-corrected chi connectivity index (χ3v) is 4.35. The van der Waals surface area contributed by atoms with Crippen LogP contribution in [-0.4, -0.2) is 61.7 Å². The highest BCUT2D eigenvalue weighted by atomic mass is 15.2. The number of piperazine rings is 1. The van der Waals surface area contributed by atoms with Gasteiger partial charge in [0.25, 0.3) is 0 Å². The van der Waals surface area contributed by atoms with Gasteiger partial charge in [-0.1, -0.05) is 44.2 Å². The molecule has 1 heterocycles. The fourth-order valence-corrected chi connectivity index (χ4v) is 3.02. The van der Waals surface area contributed by atoms with Crippen molar-refractivity contribution in [3.8, 4) is 0 Å². The highest BCUT2D eigenvalue weighted by Gasteiger charge is 2.22. The van der Waals surface area contributed by atoms with Crippen LogP contribution in [0.3, 0.4) is 0 Å². The Kier molecular flexibility index (Phi) is 6.51. The second-order valence-electron chi connectivity index (χ2n) is 5.62. The minimum Gasteiger partial charge on any atom is -0.314 e. The number of rotatable bonds is 7. The van der Waals surface area contributed by atoms with Gasteiger partial charge in [-0.2, -0.15) is 0 Å². The quantitative estimate of drug-likeness (QED) is 0.819. The minimum absolute atomic E-state index is 0.638. The average molecular weight is 275 g/mol. The molecular formula is C17H29N3. The molecule has 20 heavy (non-hydrogen) atoms. The maximum absolute atomic E-state index is 3.46. The highest BCUT2D eigenvalue weighted by Crippen LogP contribution is 2.12. The van der Waals surface area contributed by atoms with Crippen LogP contribution in [0.25, 0.3) is 0 Å². The molecule has 1 fully saturated rings. The summed E-state index contributed by atoms with van der Waals surface area (Å²) in [7, 11) is 0. The molecule has 3 nitrogen and oxygen atoms in total. The zero-order valence-electron chi connectivity index (χ0n) is 13.0.